The quantitative estimate of drug-likeness (QED) is 0.476. The number of halogens is 1. The Morgan fingerprint density at radius 1 is 1.05 bits per heavy atom. The van der Waals surface area contributed by atoms with Gasteiger partial charge in [0.2, 0.25) is 0 Å². The van der Waals surface area contributed by atoms with Crippen LogP contribution >= 0.6 is 11.6 Å². The van der Waals surface area contributed by atoms with Gasteiger partial charge in [-0.2, -0.15) is 5.10 Å². The number of aromatic nitrogens is 2. The lowest BCUT2D eigenvalue weighted by Gasteiger charge is -2.31. The fourth-order valence-electron chi connectivity index (χ4n) is 2.85. The van der Waals surface area contributed by atoms with Crippen LogP contribution in [-0.2, 0) is 5.54 Å². The highest BCUT2D eigenvalue weighted by Gasteiger charge is 2.28. The fourth-order valence-corrected chi connectivity index (χ4v) is 3.25. The highest BCUT2D eigenvalue weighted by atomic mass is 35.5. The Morgan fingerprint density at radius 3 is 2.20 bits per heavy atom. The van der Waals surface area contributed by atoms with Crippen molar-refractivity contribution in [3.63, 3.8) is 0 Å². The zero-order valence-corrected chi connectivity index (χ0v) is 14.5. The molecule has 0 saturated heterocycles. The maximum absolute atomic E-state index is 6.37. The van der Waals surface area contributed by atoms with E-state index in [1.165, 1.54) is 51.4 Å². The lowest BCUT2D eigenvalue weighted by atomic mass is 9.88. The van der Waals surface area contributed by atoms with E-state index in [1.807, 2.05) is 13.0 Å². The summed E-state index contributed by atoms with van der Waals surface area (Å²) in [4.78, 5) is 0. The first-order valence-electron chi connectivity index (χ1n) is 8.26. The predicted molar refractivity (Wildman–Crippen MR) is 88.5 cm³/mol. The van der Waals surface area contributed by atoms with Crippen molar-refractivity contribution in [3.8, 4) is 0 Å². The van der Waals surface area contributed by atoms with Crippen LogP contribution in [0.2, 0.25) is 5.15 Å². The van der Waals surface area contributed by atoms with Crippen molar-refractivity contribution in [2.45, 2.75) is 91.0 Å². The molecule has 1 rings (SSSR count). The molecule has 0 spiro atoms. The minimum Gasteiger partial charge on any atom is -0.248 e. The standard InChI is InChI=1S/C17H31ClN2/c1-5-7-9-10-11-13-17(4,12-8-6-2)20-16(18)14-15(3)19-20/h14H,5-13H2,1-4H3. The first-order valence-corrected chi connectivity index (χ1v) is 8.64. The van der Waals surface area contributed by atoms with Crippen molar-refractivity contribution in [2.75, 3.05) is 0 Å². The zero-order valence-electron chi connectivity index (χ0n) is 13.7. The Bertz CT molecular complexity index is 386. The van der Waals surface area contributed by atoms with Gasteiger partial charge in [0.25, 0.3) is 0 Å². The Balaban J connectivity index is 2.68. The maximum atomic E-state index is 6.37. The van der Waals surface area contributed by atoms with E-state index < -0.39 is 0 Å². The molecule has 0 radical (unpaired) electrons. The second-order valence-electron chi connectivity index (χ2n) is 6.28. The smallest absolute Gasteiger partial charge is 0.127 e. The molecule has 1 unspecified atom stereocenters. The number of hydrogen-bond donors (Lipinski definition) is 0. The van der Waals surface area contributed by atoms with Crippen LogP contribution in [0.1, 0.15) is 84.3 Å². The van der Waals surface area contributed by atoms with E-state index in [0.717, 1.165) is 17.3 Å². The molecule has 0 aliphatic carbocycles. The number of aryl methyl sites for hydroxylation is 1. The minimum atomic E-state index is 0.0770. The summed E-state index contributed by atoms with van der Waals surface area (Å²) in [5.41, 5.74) is 1.09. The van der Waals surface area contributed by atoms with Crippen LogP contribution < -0.4 is 0 Å². The van der Waals surface area contributed by atoms with Crippen LogP contribution in [0.3, 0.4) is 0 Å². The molecule has 3 heteroatoms. The summed E-state index contributed by atoms with van der Waals surface area (Å²) in [5.74, 6) is 0. The monoisotopic (exact) mass is 298 g/mol. The maximum Gasteiger partial charge on any atom is 0.127 e. The van der Waals surface area contributed by atoms with Gasteiger partial charge >= 0.3 is 0 Å². The van der Waals surface area contributed by atoms with Gasteiger partial charge in [-0.05, 0) is 32.8 Å². The minimum absolute atomic E-state index is 0.0770. The normalized spacial score (nSPS) is 14.4. The average Bonchev–Trinajstić information content (AvgIpc) is 2.76. The molecule has 0 aromatic carbocycles. The van der Waals surface area contributed by atoms with Gasteiger partial charge in [0.1, 0.15) is 5.15 Å². The summed E-state index contributed by atoms with van der Waals surface area (Å²) in [6, 6.07) is 1.98. The molecule has 0 fully saturated rings. The second kappa shape index (κ2) is 8.71. The molecule has 0 N–H and O–H groups in total. The summed E-state index contributed by atoms with van der Waals surface area (Å²) in [6.45, 7) is 8.85. The molecular formula is C17H31ClN2. The van der Waals surface area contributed by atoms with Crippen molar-refractivity contribution in [3.05, 3.63) is 16.9 Å². The second-order valence-corrected chi connectivity index (χ2v) is 6.67. The van der Waals surface area contributed by atoms with E-state index in [4.69, 9.17) is 11.6 Å². The van der Waals surface area contributed by atoms with E-state index in [-0.39, 0.29) is 5.54 Å². The van der Waals surface area contributed by atoms with Crippen LogP contribution in [0, 0.1) is 6.92 Å². The summed E-state index contributed by atoms with van der Waals surface area (Å²) in [6.07, 6.45) is 11.4. The SMILES string of the molecule is CCCCCCCC(C)(CCCC)n1nc(C)cc1Cl. The van der Waals surface area contributed by atoms with E-state index >= 15 is 0 Å². The van der Waals surface area contributed by atoms with Gasteiger partial charge in [0.05, 0.1) is 11.2 Å². The molecule has 1 aromatic rings. The molecule has 0 aliphatic heterocycles. The number of rotatable bonds is 10. The average molecular weight is 299 g/mol. The lowest BCUT2D eigenvalue weighted by molar-refractivity contribution is 0.228. The van der Waals surface area contributed by atoms with Gasteiger partial charge < -0.3 is 0 Å². The topological polar surface area (TPSA) is 17.8 Å². The van der Waals surface area contributed by atoms with Crippen LogP contribution in [0.15, 0.2) is 6.07 Å². The van der Waals surface area contributed by atoms with Crippen LogP contribution in [0.5, 0.6) is 0 Å². The van der Waals surface area contributed by atoms with Crippen LogP contribution in [-0.4, -0.2) is 9.78 Å². The van der Waals surface area contributed by atoms with E-state index in [0.29, 0.717) is 0 Å². The number of nitrogens with zero attached hydrogens (tertiary/aromatic N) is 2. The third-order valence-electron chi connectivity index (χ3n) is 4.19. The van der Waals surface area contributed by atoms with Crippen molar-refractivity contribution in [1.82, 2.24) is 9.78 Å². The van der Waals surface area contributed by atoms with Crippen LogP contribution in [0.25, 0.3) is 0 Å². The Hall–Kier alpha value is -0.500. The molecule has 0 aliphatic rings. The van der Waals surface area contributed by atoms with Crippen molar-refractivity contribution >= 4 is 11.6 Å². The first-order chi connectivity index (χ1) is 9.53. The Morgan fingerprint density at radius 2 is 1.65 bits per heavy atom. The zero-order chi connectivity index (χ0) is 15.0. The van der Waals surface area contributed by atoms with Crippen molar-refractivity contribution in [1.29, 1.82) is 0 Å². The van der Waals surface area contributed by atoms with Crippen LogP contribution in [0.4, 0.5) is 0 Å². The van der Waals surface area contributed by atoms with Gasteiger partial charge in [-0.15, -0.1) is 0 Å². The molecule has 0 amide bonds. The summed E-state index contributed by atoms with van der Waals surface area (Å²) in [5, 5.41) is 5.42. The Labute approximate surface area is 129 Å². The molecule has 0 bridgehead atoms. The van der Waals surface area contributed by atoms with Gasteiger partial charge in [0.15, 0.2) is 0 Å². The molecular weight excluding hydrogens is 268 g/mol. The van der Waals surface area contributed by atoms with Crippen molar-refractivity contribution < 1.29 is 0 Å². The van der Waals surface area contributed by atoms with E-state index in [9.17, 15) is 0 Å². The highest BCUT2D eigenvalue weighted by Crippen LogP contribution is 2.32. The van der Waals surface area contributed by atoms with Gasteiger partial charge in [-0.1, -0.05) is 70.4 Å². The lowest BCUT2D eigenvalue weighted by Crippen LogP contribution is -2.31. The fraction of sp³-hybridized carbons (Fsp3) is 0.824. The molecule has 1 heterocycles. The Kier molecular flexibility index (Phi) is 7.65. The summed E-state index contributed by atoms with van der Waals surface area (Å²) < 4.78 is 2.07. The molecule has 2 nitrogen and oxygen atoms in total. The van der Waals surface area contributed by atoms with E-state index in [2.05, 4.69) is 30.6 Å². The van der Waals surface area contributed by atoms with Gasteiger partial charge in [-0.3, -0.25) is 0 Å². The first kappa shape index (κ1) is 17.6. The molecule has 1 aromatic heterocycles. The largest absolute Gasteiger partial charge is 0.248 e. The molecule has 1 atom stereocenters. The van der Waals surface area contributed by atoms with Gasteiger partial charge in [-0.25, -0.2) is 4.68 Å². The number of unbranched alkanes of at least 4 members (excludes halogenated alkanes) is 5. The summed E-state index contributed by atoms with van der Waals surface area (Å²) in [7, 11) is 0. The van der Waals surface area contributed by atoms with E-state index in [1.54, 1.807) is 0 Å². The highest BCUT2D eigenvalue weighted by molar-refractivity contribution is 6.29. The summed E-state index contributed by atoms with van der Waals surface area (Å²) >= 11 is 6.37. The molecule has 0 saturated carbocycles. The number of hydrogen-bond acceptors (Lipinski definition) is 1. The van der Waals surface area contributed by atoms with Gasteiger partial charge in [0, 0.05) is 0 Å². The third-order valence-corrected chi connectivity index (χ3v) is 4.46. The van der Waals surface area contributed by atoms with Crippen molar-refractivity contribution in [2.24, 2.45) is 0 Å². The molecule has 116 valence electrons. The molecule has 20 heavy (non-hydrogen) atoms. The third kappa shape index (κ3) is 5.12. The predicted octanol–water partition coefficient (Wildman–Crippen LogP) is 6.11.